The van der Waals surface area contributed by atoms with E-state index in [-0.39, 0.29) is 16.4 Å². The normalized spacial score (nSPS) is 10.2. The Labute approximate surface area is 115 Å². The average Bonchev–Trinajstić information content (AvgIpc) is 2.38. The topological polar surface area (TPSA) is 54.4 Å². The van der Waals surface area contributed by atoms with Gasteiger partial charge in [0, 0.05) is 5.56 Å². The Hall–Kier alpha value is -2.13. The predicted octanol–water partition coefficient (Wildman–Crippen LogP) is 3.91. The van der Waals surface area contributed by atoms with Gasteiger partial charge in [-0.1, -0.05) is 35.9 Å². The molecule has 19 heavy (non-hydrogen) atoms. The molecule has 0 spiro atoms. The van der Waals surface area contributed by atoms with Gasteiger partial charge >= 0.3 is 5.97 Å². The summed E-state index contributed by atoms with van der Waals surface area (Å²) < 4.78 is 0. The second-order valence-electron chi connectivity index (χ2n) is 4.14. The van der Waals surface area contributed by atoms with Crippen LogP contribution in [-0.2, 0) is 0 Å². The number of carbonyl (C=O) groups is 2. The zero-order valence-corrected chi connectivity index (χ0v) is 10.9. The lowest BCUT2D eigenvalue weighted by atomic mass is 10.0. The van der Waals surface area contributed by atoms with E-state index in [1.165, 1.54) is 13.0 Å². The average molecular weight is 275 g/mol. The maximum absolute atomic E-state index is 11.3. The number of carbonyl (C=O) groups excluding carboxylic acids is 1. The largest absolute Gasteiger partial charge is 0.478 e. The van der Waals surface area contributed by atoms with Crippen molar-refractivity contribution in [1.29, 1.82) is 0 Å². The second-order valence-corrected chi connectivity index (χ2v) is 4.54. The summed E-state index contributed by atoms with van der Waals surface area (Å²) in [6, 6.07) is 11.8. The molecule has 0 aromatic heterocycles. The van der Waals surface area contributed by atoms with Crippen LogP contribution in [0.2, 0.25) is 5.02 Å². The fourth-order valence-electron chi connectivity index (χ4n) is 1.79. The van der Waals surface area contributed by atoms with E-state index in [1.807, 2.05) is 6.07 Å². The molecule has 96 valence electrons. The van der Waals surface area contributed by atoms with Crippen molar-refractivity contribution < 1.29 is 14.7 Å². The van der Waals surface area contributed by atoms with Gasteiger partial charge < -0.3 is 5.11 Å². The van der Waals surface area contributed by atoms with Crippen molar-refractivity contribution in [2.24, 2.45) is 0 Å². The summed E-state index contributed by atoms with van der Waals surface area (Å²) in [6.07, 6.45) is 0. The second kappa shape index (κ2) is 5.24. The molecule has 0 radical (unpaired) electrons. The van der Waals surface area contributed by atoms with Crippen LogP contribution in [0.1, 0.15) is 27.6 Å². The molecule has 0 aliphatic carbocycles. The highest BCUT2D eigenvalue weighted by molar-refractivity contribution is 6.33. The molecule has 2 aromatic rings. The first-order chi connectivity index (χ1) is 8.99. The van der Waals surface area contributed by atoms with Crippen molar-refractivity contribution in [3.8, 4) is 11.1 Å². The number of Topliss-reactive ketones (excluding diaryl/α,β-unsaturated/α-hetero) is 1. The standard InChI is InChI=1S/C15H11ClO3/c1-9(17)10-3-2-4-11(7-10)12-5-6-13(15(18)19)14(16)8-12/h2-8H,1H3,(H,18,19). The fourth-order valence-corrected chi connectivity index (χ4v) is 2.05. The van der Waals surface area contributed by atoms with E-state index in [2.05, 4.69) is 0 Å². The third-order valence-corrected chi connectivity index (χ3v) is 3.11. The quantitative estimate of drug-likeness (QED) is 0.864. The molecule has 0 heterocycles. The van der Waals surface area contributed by atoms with Crippen molar-refractivity contribution in [2.45, 2.75) is 6.92 Å². The van der Waals surface area contributed by atoms with Gasteiger partial charge in [-0.05, 0) is 36.2 Å². The summed E-state index contributed by atoms with van der Waals surface area (Å²) in [6.45, 7) is 1.50. The molecule has 0 saturated heterocycles. The molecular formula is C15H11ClO3. The van der Waals surface area contributed by atoms with Crippen LogP contribution in [-0.4, -0.2) is 16.9 Å². The van der Waals surface area contributed by atoms with Gasteiger partial charge in [-0.3, -0.25) is 4.79 Å². The molecule has 0 atom stereocenters. The van der Waals surface area contributed by atoms with E-state index in [0.717, 1.165) is 11.1 Å². The zero-order valence-electron chi connectivity index (χ0n) is 10.2. The third kappa shape index (κ3) is 2.83. The Balaban J connectivity index is 2.48. The number of aromatic carboxylic acids is 1. The summed E-state index contributed by atoms with van der Waals surface area (Å²) in [5.74, 6) is -1.08. The maximum atomic E-state index is 11.3. The number of benzene rings is 2. The minimum atomic E-state index is -1.06. The van der Waals surface area contributed by atoms with Crippen molar-refractivity contribution in [3.05, 3.63) is 58.6 Å². The number of rotatable bonds is 3. The van der Waals surface area contributed by atoms with Crippen molar-refractivity contribution in [3.63, 3.8) is 0 Å². The Kier molecular flexibility index (Phi) is 3.67. The Morgan fingerprint density at radius 2 is 1.74 bits per heavy atom. The highest BCUT2D eigenvalue weighted by Crippen LogP contribution is 2.26. The zero-order chi connectivity index (χ0) is 14.0. The molecule has 0 fully saturated rings. The van der Waals surface area contributed by atoms with Gasteiger partial charge in [0.25, 0.3) is 0 Å². The molecule has 0 bridgehead atoms. The van der Waals surface area contributed by atoms with Crippen LogP contribution in [0.15, 0.2) is 42.5 Å². The van der Waals surface area contributed by atoms with E-state index >= 15 is 0 Å². The molecule has 4 heteroatoms. The van der Waals surface area contributed by atoms with Crippen molar-refractivity contribution >= 4 is 23.4 Å². The van der Waals surface area contributed by atoms with Crippen molar-refractivity contribution in [2.75, 3.05) is 0 Å². The molecule has 0 aliphatic rings. The van der Waals surface area contributed by atoms with Gasteiger partial charge in [-0.2, -0.15) is 0 Å². The van der Waals surface area contributed by atoms with Crippen LogP contribution in [0.5, 0.6) is 0 Å². The van der Waals surface area contributed by atoms with E-state index < -0.39 is 5.97 Å². The Morgan fingerprint density at radius 3 is 2.32 bits per heavy atom. The van der Waals surface area contributed by atoms with E-state index in [1.54, 1.807) is 30.3 Å². The molecule has 0 saturated carbocycles. The first-order valence-corrected chi connectivity index (χ1v) is 6.01. The van der Waals surface area contributed by atoms with Gasteiger partial charge in [0.05, 0.1) is 10.6 Å². The molecule has 0 unspecified atom stereocenters. The van der Waals surface area contributed by atoms with Gasteiger partial charge in [0.15, 0.2) is 5.78 Å². The first-order valence-electron chi connectivity index (χ1n) is 5.63. The Bertz CT molecular complexity index is 662. The summed E-state index contributed by atoms with van der Waals surface area (Å²) >= 11 is 5.93. The first kappa shape index (κ1) is 13.3. The number of hydrogen-bond acceptors (Lipinski definition) is 2. The highest BCUT2D eigenvalue weighted by atomic mass is 35.5. The number of ketones is 1. The maximum Gasteiger partial charge on any atom is 0.337 e. The van der Waals surface area contributed by atoms with Gasteiger partial charge in [0.1, 0.15) is 0 Å². The van der Waals surface area contributed by atoms with Crippen LogP contribution in [0.4, 0.5) is 0 Å². The summed E-state index contributed by atoms with van der Waals surface area (Å²) in [5.41, 5.74) is 2.27. The predicted molar refractivity (Wildman–Crippen MR) is 73.9 cm³/mol. The summed E-state index contributed by atoms with van der Waals surface area (Å²) in [4.78, 5) is 22.2. The van der Waals surface area contributed by atoms with Crippen LogP contribution in [0.25, 0.3) is 11.1 Å². The SMILES string of the molecule is CC(=O)c1cccc(-c2ccc(C(=O)O)c(Cl)c2)c1. The minimum absolute atomic E-state index is 0.0184. The number of carboxylic acids is 1. The van der Waals surface area contributed by atoms with Crippen LogP contribution in [0.3, 0.4) is 0 Å². The lowest BCUT2D eigenvalue weighted by molar-refractivity contribution is 0.0697. The van der Waals surface area contributed by atoms with Crippen LogP contribution in [0, 0.1) is 0 Å². The lowest BCUT2D eigenvalue weighted by Crippen LogP contribution is -1.97. The molecule has 0 amide bonds. The molecule has 2 aromatic carbocycles. The summed E-state index contributed by atoms with van der Waals surface area (Å²) in [7, 11) is 0. The molecule has 2 rings (SSSR count). The highest BCUT2D eigenvalue weighted by Gasteiger charge is 2.10. The lowest BCUT2D eigenvalue weighted by Gasteiger charge is -2.06. The molecular weight excluding hydrogens is 264 g/mol. The van der Waals surface area contributed by atoms with E-state index in [4.69, 9.17) is 16.7 Å². The minimum Gasteiger partial charge on any atom is -0.478 e. The fraction of sp³-hybridized carbons (Fsp3) is 0.0667. The van der Waals surface area contributed by atoms with Crippen molar-refractivity contribution in [1.82, 2.24) is 0 Å². The monoisotopic (exact) mass is 274 g/mol. The van der Waals surface area contributed by atoms with E-state index in [0.29, 0.717) is 5.56 Å². The van der Waals surface area contributed by atoms with Crippen LogP contribution >= 0.6 is 11.6 Å². The van der Waals surface area contributed by atoms with Gasteiger partial charge in [-0.25, -0.2) is 4.79 Å². The number of halogens is 1. The van der Waals surface area contributed by atoms with Gasteiger partial charge in [0.2, 0.25) is 0 Å². The molecule has 3 nitrogen and oxygen atoms in total. The third-order valence-electron chi connectivity index (χ3n) is 2.80. The Morgan fingerprint density at radius 1 is 1.05 bits per heavy atom. The van der Waals surface area contributed by atoms with Gasteiger partial charge in [-0.15, -0.1) is 0 Å². The summed E-state index contributed by atoms with van der Waals surface area (Å²) in [5, 5.41) is 9.09. The molecule has 0 aliphatic heterocycles. The van der Waals surface area contributed by atoms with E-state index in [9.17, 15) is 9.59 Å². The number of carboxylic acid groups (broad SMARTS) is 1. The molecule has 1 N–H and O–H groups in total. The number of hydrogen-bond donors (Lipinski definition) is 1. The van der Waals surface area contributed by atoms with Crippen LogP contribution < -0.4 is 0 Å². The smallest absolute Gasteiger partial charge is 0.337 e.